The molecule has 0 aliphatic rings. The van der Waals surface area contributed by atoms with Crippen LogP contribution in [0.2, 0.25) is 0 Å². The predicted octanol–water partition coefficient (Wildman–Crippen LogP) is 3.27. The Labute approximate surface area is 203 Å². The van der Waals surface area contributed by atoms with Gasteiger partial charge in [0, 0.05) is 38.9 Å². The van der Waals surface area contributed by atoms with Crippen LogP contribution in [0.5, 0.6) is 0 Å². The van der Waals surface area contributed by atoms with Crippen molar-refractivity contribution in [3.05, 3.63) is 0 Å². The molecular formula is C25H44O9. The molecule has 0 radical (unpaired) electrons. The summed E-state index contributed by atoms with van der Waals surface area (Å²) in [5.74, 6) is -0.655. The number of carbonyl (C=O) groups is 4. The van der Waals surface area contributed by atoms with E-state index < -0.39 is 5.97 Å². The van der Waals surface area contributed by atoms with Crippen molar-refractivity contribution in [2.45, 2.75) is 96.8 Å². The number of rotatable bonds is 23. The molecule has 0 aromatic heterocycles. The minimum absolute atomic E-state index is 0.0302. The Hall–Kier alpha value is -2.00. The first-order chi connectivity index (χ1) is 16.4. The zero-order valence-corrected chi connectivity index (χ0v) is 20.8. The van der Waals surface area contributed by atoms with E-state index in [1.54, 1.807) is 0 Å². The lowest BCUT2D eigenvalue weighted by molar-refractivity contribution is -0.147. The van der Waals surface area contributed by atoms with Crippen LogP contribution >= 0.6 is 0 Å². The zero-order valence-electron chi connectivity index (χ0n) is 20.8. The van der Waals surface area contributed by atoms with E-state index in [1.165, 1.54) is 0 Å². The first-order valence-corrected chi connectivity index (χ1v) is 12.6. The van der Waals surface area contributed by atoms with Gasteiger partial charge in [-0.25, -0.2) is 0 Å². The second-order valence-electron chi connectivity index (χ2n) is 8.55. The first kappa shape index (κ1) is 32.0. The average molecular weight is 489 g/mol. The quantitative estimate of drug-likeness (QED) is 0.126. The Morgan fingerprint density at radius 1 is 0.559 bits per heavy atom. The molecule has 2 N–H and O–H groups in total. The van der Waals surface area contributed by atoms with E-state index in [9.17, 15) is 19.2 Å². The summed E-state index contributed by atoms with van der Waals surface area (Å²) in [6, 6.07) is 0. The SMILES string of the molecule is CC(CCO)CCOC(=O)CCCCC(=O)OCCCCOC(=O)CCC(=O)CCCCCO. The molecule has 0 saturated carbocycles. The number of esters is 3. The maximum atomic E-state index is 11.7. The zero-order chi connectivity index (χ0) is 25.4. The van der Waals surface area contributed by atoms with Gasteiger partial charge in [-0.2, -0.15) is 0 Å². The Balaban J connectivity index is 3.52. The fourth-order valence-electron chi connectivity index (χ4n) is 3.05. The molecule has 198 valence electrons. The largest absolute Gasteiger partial charge is 0.466 e. The average Bonchev–Trinajstić information content (AvgIpc) is 2.80. The molecule has 0 aliphatic heterocycles. The van der Waals surface area contributed by atoms with Gasteiger partial charge in [0.2, 0.25) is 0 Å². The van der Waals surface area contributed by atoms with Crippen molar-refractivity contribution < 1.29 is 43.6 Å². The van der Waals surface area contributed by atoms with Crippen molar-refractivity contribution in [1.82, 2.24) is 0 Å². The third kappa shape index (κ3) is 21.8. The third-order valence-electron chi connectivity index (χ3n) is 5.29. The van der Waals surface area contributed by atoms with Crippen molar-refractivity contribution in [2.75, 3.05) is 33.0 Å². The summed E-state index contributed by atoms with van der Waals surface area (Å²) in [5, 5.41) is 17.5. The van der Waals surface area contributed by atoms with E-state index in [1.807, 2.05) is 6.92 Å². The summed E-state index contributed by atoms with van der Waals surface area (Å²) < 4.78 is 15.3. The van der Waals surface area contributed by atoms with Gasteiger partial charge in [0.15, 0.2) is 0 Å². The van der Waals surface area contributed by atoms with Gasteiger partial charge in [0.05, 0.1) is 26.2 Å². The minimum Gasteiger partial charge on any atom is -0.466 e. The van der Waals surface area contributed by atoms with Gasteiger partial charge in [0.1, 0.15) is 5.78 Å². The number of unbranched alkanes of at least 4 members (excludes halogenated alkanes) is 4. The molecule has 0 bridgehead atoms. The smallest absolute Gasteiger partial charge is 0.306 e. The highest BCUT2D eigenvalue weighted by Crippen LogP contribution is 2.08. The lowest BCUT2D eigenvalue weighted by atomic mass is 10.1. The maximum absolute atomic E-state index is 11.7. The Morgan fingerprint density at radius 3 is 1.65 bits per heavy atom. The molecule has 0 aromatic rings. The molecule has 9 nitrogen and oxygen atoms in total. The minimum atomic E-state index is -0.404. The fraction of sp³-hybridized carbons (Fsp3) is 0.840. The predicted molar refractivity (Wildman–Crippen MR) is 126 cm³/mol. The molecule has 0 amide bonds. The van der Waals surface area contributed by atoms with Crippen LogP contribution in [0.25, 0.3) is 0 Å². The lowest BCUT2D eigenvalue weighted by Gasteiger charge is -2.10. The Morgan fingerprint density at radius 2 is 1.09 bits per heavy atom. The number of hydrogen-bond acceptors (Lipinski definition) is 9. The van der Waals surface area contributed by atoms with Crippen molar-refractivity contribution >= 4 is 23.7 Å². The van der Waals surface area contributed by atoms with Gasteiger partial charge in [-0.05, 0) is 57.3 Å². The molecule has 0 rings (SSSR count). The number of hydrogen-bond donors (Lipinski definition) is 2. The summed E-state index contributed by atoms with van der Waals surface area (Å²) in [7, 11) is 0. The first-order valence-electron chi connectivity index (χ1n) is 12.6. The summed E-state index contributed by atoms with van der Waals surface area (Å²) in [6.45, 7) is 3.08. The molecule has 0 aromatic carbocycles. The molecule has 34 heavy (non-hydrogen) atoms. The summed E-state index contributed by atoms with van der Waals surface area (Å²) in [4.78, 5) is 46.6. The van der Waals surface area contributed by atoms with Gasteiger partial charge in [-0.15, -0.1) is 0 Å². The van der Waals surface area contributed by atoms with E-state index in [-0.39, 0.29) is 69.8 Å². The Kier molecular flexibility index (Phi) is 21.4. The van der Waals surface area contributed by atoms with E-state index in [0.29, 0.717) is 57.5 Å². The van der Waals surface area contributed by atoms with E-state index in [2.05, 4.69) is 0 Å². The van der Waals surface area contributed by atoms with Crippen LogP contribution in [0.1, 0.15) is 96.8 Å². The molecule has 0 saturated heterocycles. The molecule has 0 heterocycles. The number of aliphatic hydroxyl groups excluding tert-OH is 2. The van der Waals surface area contributed by atoms with Gasteiger partial charge in [0.25, 0.3) is 0 Å². The van der Waals surface area contributed by atoms with Gasteiger partial charge >= 0.3 is 17.9 Å². The number of Topliss-reactive ketones (excluding diaryl/α,β-unsaturated/α-hetero) is 1. The van der Waals surface area contributed by atoms with Crippen LogP contribution in [-0.4, -0.2) is 66.9 Å². The van der Waals surface area contributed by atoms with Crippen LogP contribution in [0.3, 0.4) is 0 Å². The standard InChI is InChI=1S/C25H44O9/c1-21(14-17-27)15-20-34-24(30)11-5-4-10-23(29)32-18-7-8-19-33-25(31)13-12-22(28)9-3-2-6-16-26/h21,26-27H,2-20H2,1H3. The van der Waals surface area contributed by atoms with E-state index >= 15 is 0 Å². The summed E-state index contributed by atoms with van der Waals surface area (Å²) >= 11 is 0. The third-order valence-corrected chi connectivity index (χ3v) is 5.29. The molecule has 0 spiro atoms. The molecule has 0 fully saturated rings. The number of aliphatic hydroxyl groups is 2. The van der Waals surface area contributed by atoms with Crippen molar-refractivity contribution in [3.63, 3.8) is 0 Å². The van der Waals surface area contributed by atoms with E-state index in [4.69, 9.17) is 24.4 Å². The second kappa shape index (κ2) is 22.8. The molecule has 9 heteroatoms. The monoisotopic (exact) mass is 488 g/mol. The summed E-state index contributed by atoms with van der Waals surface area (Å²) in [5.41, 5.74) is 0. The highest BCUT2D eigenvalue weighted by atomic mass is 16.5. The molecule has 1 atom stereocenters. The van der Waals surface area contributed by atoms with E-state index in [0.717, 1.165) is 19.3 Å². The lowest BCUT2D eigenvalue weighted by Crippen LogP contribution is -2.11. The topological polar surface area (TPSA) is 136 Å². The number of ether oxygens (including phenoxy) is 3. The number of carbonyl (C=O) groups excluding carboxylic acids is 4. The number of ketones is 1. The second-order valence-corrected chi connectivity index (χ2v) is 8.55. The van der Waals surface area contributed by atoms with Gasteiger partial charge in [-0.3, -0.25) is 19.2 Å². The fourth-order valence-corrected chi connectivity index (χ4v) is 3.05. The normalized spacial score (nSPS) is 11.6. The molecule has 1 unspecified atom stereocenters. The highest BCUT2D eigenvalue weighted by molar-refractivity contribution is 5.82. The van der Waals surface area contributed by atoms with Crippen molar-refractivity contribution in [3.8, 4) is 0 Å². The molecular weight excluding hydrogens is 444 g/mol. The van der Waals surface area contributed by atoms with Gasteiger partial charge in [-0.1, -0.05) is 13.3 Å². The van der Waals surface area contributed by atoms with Crippen LogP contribution in [0.4, 0.5) is 0 Å². The van der Waals surface area contributed by atoms with Crippen LogP contribution in [-0.2, 0) is 33.4 Å². The maximum Gasteiger partial charge on any atom is 0.306 e. The highest BCUT2D eigenvalue weighted by Gasteiger charge is 2.09. The molecule has 0 aliphatic carbocycles. The summed E-state index contributed by atoms with van der Waals surface area (Å²) in [6.07, 6.45) is 7.07. The Bertz CT molecular complexity index is 563. The van der Waals surface area contributed by atoms with Crippen molar-refractivity contribution in [2.24, 2.45) is 5.92 Å². The van der Waals surface area contributed by atoms with Crippen LogP contribution in [0, 0.1) is 5.92 Å². The van der Waals surface area contributed by atoms with Crippen LogP contribution < -0.4 is 0 Å². The van der Waals surface area contributed by atoms with Gasteiger partial charge < -0.3 is 24.4 Å². The van der Waals surface area contributed by atoms with Crippen LogP contribution in [0.15, 0.2) is 0 Å². The van der Waals surface area contributed by atoms with Crippen molar-refractivity contribution in [1.29, 1.82) is 0 Å².